The van der Waals surface area contributed by atoms with E-state index in [-0.39, 0.29) is 0 Å². The van der Waals surface area contributed by atoms with Gasteiger partial charge in [-0.25, -0.2) is 9.98 Å². The van der Waals surface area contributed by atoms with Crippen LogP contribution in [0.5, 0.6) is 0 Å². The van der Waals surface area contributed by atoms with Gasteiger partial charge in [-0.3, -0.25) is 0 Å². The molecule has 0 N–H and O–H groups in total. The number of rotatable bonds is 5. The predicted molar refractivity (Wildman–Crippen MR) is 150 cm³/mol. The SMILES string of the molecule is C=C(N=C(N=C(C)Cl)c1cccc(-c2ccccc2)c1)c1cccc(-c2ccccc2)c1.CC. The van der Waals surface area contributed by atoms with Crippen LogP contribution in [0.25, 0.3) is 28.0 Å². The fraction of sp³-hybridized carbons (Fsp3) is 0.0968. The third kappa shape index (κ3) is 6.63. The van der Waals surface area contributed by atoms with Crippen LogP contribution in [0.3, 0.4) is 0 Å². The highest BCUT2D eigenvalue weighted by molar-refractivity contribution is 6.65. The van der Waals surface area contributed by atoms with Crippen LogP contribution in [0.2, 0.25) is 0 Å². The summed E-state index contributed by atoms with van der Waals surface area (Å²) in [6, 6.07) is 36.8. The third-order valence-corrected chi connectivity index (χ3v) is 5.12. The molecule has 0 spiro atoms. The van der Waals surface area contributed by atoms with E-state index in [1.807, 2.05) is 74.5 Å². The van der Waals surface area contributed by atoms with E-state index in [4.69, 9.17) is 16.6 Å². The average Bonchev–Trinajstić information content (AvgIpc) is 2.90. The summed E-state index contributed by atoms with van der Waals surface area (Å²) in [4.78, 5) is 9.28. The summed E-state index contributed by atoms with van der Waals surface area (Å²) in [5.74, 6) is 0.533. The molecule has 0 amide bonds. The molecule has 0 aliphatic carbocycles. The van der Waals surface area contributed by atoms with Crippen molar-refractivity contribution in [2.75, 3.05) is 0 Å². The number of benzene rings is 4. The first kappa shape index (κ1) is 24.9. The van der Waals surface area contributed by atoms with Crippen LogP contribution in [0.15, 0.2) is 126 Å². The molecule has 0 radical (unpaired) electrons. The van der Waals surface area contributed by atoms with E-state index in [1.54, 1.807) is 6.92 Å². The Balaban J connectivity index is 0.00000158. The van der Waals surface area contributed by atoms with Crippen LogP contribution in [-0.2, 0) is 0 Å². The van der Waals surface area contributed by atoms with Gasteiger partial charge in [0, 0.05) is 11.1 Å². The fourth-order valence-electron chi connectivity index (χ4n) is 3.47. The van der Waals surface area contributed by atoms with Gasteiger partial charge in [0.15, 0.2) is 5.84 Å². The molecule has 0 heterocycles. The van der Waals surface area contributed by atoms with Gasteiger partial charge in [0.25, 0.3) is 0 Å². The minimum absolute atomic E-state index is 0.416. The Bertz CT molecular complexity index is 1290. The molecule has 0 aromatic heterocycles. The van der Waals surface area contributed by atoms with Gasteiger partial charge < -0.3 is 0 Å². The van der Waals surface area contributed by atoms with Crippen molar-refractivity contribution in [1.29, 1.82) is 0 Å². The molecule has 0 unspecified atom stereocenters. The number of halogens is 1. The number of nitrogens with zero attached hydrogens (tertiary/aromatic N) is 2. The molecule has 3 heteroatoms. The van der Waals surface area contributed by atoms with Gasteiger partial charge in [-0.15, -0.1) is 0 Å². The normalized spacial score (nSPS) is 11.4. The first-order valence-corrected chi connectivity index (χ1v) is 11.8. The van der Waals surface area contributed by atoms with E-state index in [9.17, 15) is 0 Å². The lowest BCUT2D eigenvalue weighted by Crippen LogP contribution is -2.00. The molecule has 4 rings (SSSR count). The van der Waals surface area contributed by atoms with E-state index < -0.39 is 0 Å². The highest BCUT2D eigenvalue weighted by Gasteiger charge is 2.08. The van der Waals surface area contributed by atoms with Crippen LogP contribution in [-0.4, -0.2) is 11.0 Å². The number of amidine groups is 1. The summed E-state index contributed by atoms with van der Waals surface area (Å²) in [6.45, 7) is 9.96. The van der Waals surface area contributed by atoms with Crippen LogP contribution >= 0.6 is 11.6 Å². The number of hydrogen-bond donors (Lipinski definition) is 0. The predicted octanol–water partition coefficient (Wildman–Crippen LogP) is 9.12. The summed E-state index contributed by atoms with van der Waals surface area (Å²) in [5.41, 5.74) is 6.94. The van der Waals surface area contributed by atoms with Gasteiger partial charge in [0.05, 0.1) is 5.70 Å². The monoisotopic (exact) mass is 464 g/mol. The maximum absolute atomic E-state index is 6.15. The van der Waals surface area contributed by atoms with Crippen LogP contribution in [0.4, 0.5) is 0 Å². The van der Waals surface area contributed by atoms with Crippen molar-refractivity contribution in [3.8, 4) is 22.3 Å². The standard InChI is InChI=1S/C29H23ClN2.C2H6/c1-21(25-15-9-16-26(19-25)23-11-5-3-6-12-23)31-29(32-22(2)30)28-18-10-17-27(20-28)24-13-7-4-8-14-24;1-2/h3-20H,1H2,2H3;1-2H3. The Labute approximate surface area is 208 Å². The Morgan fingerprint density at radius 3 is 1.53 bits per heavy atom. The Hall–Kier alpha value is -3.75. The zero-order chi connectivity index (χ0) is 24.3. The molecule has 4 aromatic carbocycles. The lowest BCUT2D eigenvalue weighted by atomic mass is 10.0. The largest absolute Gasteiger partial charge is 0.229 e. The van der Waals surface area contributed by atoms with Gasteiger partial charge >= 0.3 is 0 Å². The van der Waals surface area contributed by atoms with Gasteiger partial charge in [0.2, 0.25) is 0 Å². The van der Waals surface area contributed by atoms with Gasteiger partial charge in [-0.05, 0) is 41.3 Å². The molecule has 0 fully saturated rings. The second kappa shape index (κ2) is 12.5. The second-order valence-corrected chi connectivity index (χ2v) is 7.93. The van der Waals surface area contributed by atoms with Crippen molar-refractivity contribution < 1.29 is 0 Å². The molecular formula is C31H29ClN2. The minimum atomic E-state index is 0.416. The van der Waals surface area contributed by atoms with E-state index in [0.29, 0.717) is 16.7 Å². The van der Waals surface area contributed by atoms with E-state index in [1.165, 1.54) is 0 Å². The molecule has 0 aliphatic heterocycles. The van der Waals surface area contributed by atoms with Crippen molar-refractivity contribution >= 4 is 28.3 Å². The van der Waals surface area contributed by atoms with Crippen molar-refractivity contribution in [2.24, 2.45) is 9.98 Å². The van der Waals surface area contributed by atoms with E-state index >= 15 is 0 Å². The highest BCUT2D eigenvalue weighted by atomic mass is 35.5. The van der Waals surface area contributed by atoms with Crippen molar-refractivity contribution in [2.45, 2.75) is 20.8 Å². The van der Waals surface area contributed by atoms with E-state index in [2.05, 4.69) is 60.1 Å². The van der Waals surface area contributed by atoms with Crippen LogP contribution < -0.4 is 0 Å². The summed E-state index contributed by atoms with van der Waals surface area (Å²) in [5, 5.41) is 0.416. The molecule has 4 aromatic rings. The molecule has 0 aliphatic rings. The van der Waals surface area contributed by atoms with Crippen molar-refractivity contribution in [3.05, 3.63) is 127 Å². The zero-order valence-corrected chi connectivity index (χ0v) is 20.6. The molecule has 0 saturated heterocycles. The van der Waals surface area contributed by atoms with Crippen LogP contribution in [0, 0.1) is 0 Å². The molecule has 2 nitrogen and oxygen atoms in total. The third-order valence-electron chi connectivity index (χ3n) is 5.03. The first-order chi connectivity index (χ1) is 16.6. The highest BCUT2D eigenvalue weighted by Crippen LogP contribution is 2.25. The maximum Gasteiger partial charge on any atom is 0.161 e. The van der Waals surface area contributed by atoms with Gasteiger partial charge in [-0.2, -0.15) is 0 Å². The van der Waals surface area contributed by atoms with Gasteiger partial charge in [0.1, 0.15) is 5.17 Å². The lowest BCUT2D eigenvalue weighted by molar-refractivity contribution is 1.45. The minimum Gasteiger partial charge on any atom is -0.229 e. The second-order valence-electron chi connectivity index (χ2n) is 7.38. The zero-order valence-electron chi connectivity index (χ0n) is 19.9. The summed E-state index contributed by atoms with van der Waals surface area (Å²) in [7, 11) is 0. The Morgan fingerprint density at radius 1 is 0.588 bits per heavy atom. The van der Waals surface area contributed by atoms with Crippen LogP contribution in [0.1, 0.15) is 31.9 Å². The summed E-state index contributed by atoms with van der Waals surface area (Å²) >= 11 is 6.15. The van der Waals surface area contributed by atoms with Crippen molar-refractivity contribution in [3.63, 3.8) is 0 Å². The molecule has 0 saturated carbocycles. The topological polar surface area (TPSA) is 24.7 Å². The molecule has 170 valence electrons. The van der Waals surface area contributed by atoms with E-state index in [0.717, 1.165) is 33.4 Å². The van der Waals surface area contributed by atoms with Gasteiger partial charge in [-0.1, -0.05) is 129 Å². The first-order valence-electron chi connectivity index (χ1n) is 11.4. The van der Waals surface area contributed by atoms with Crippen molar-refractivity contribution in [1.82, 2.24) is 0 Å². The molecule has 0 atom stereocenters. The smallest absolute Gasteiger partial charge is 0.161 e. The quantitative estimate of drug-likeness (QED) is 0.208. The Kier molecular flexibility index (Phi) is 9.13. The summed E-state index contributed by atoms with van der Waals surface area (Å²) in [6.07, 6.45) is 0. The molecular weight excluding hydrogens is 436 g/mol. The lowest BCUT2D eigenvalue weighted by Gasteiger charge is -2.09. The average molecular weight is 465 g/mol. The Morgan fingerprint density at radius 2 is 1.03 bits per heavy atom. The molecule has 0 bridgehead atoms. The number of hydrogen-bond acceptors (Lipinski definition) is 1. The fourth-order valence-corrected chi connectivity index (χ4v) is 3.55. The maximum atomic E-state index is 6.15. The number of aliphatic imine (C=N–C) groups is 2. The summed E-state index contributed by atoms with van der Waals surface area (Å²) < 4.78 is 0. The molecule has 34 heavy (non-hydrogen) atoms.